The van der Waals surface area contributed by atoms with Gasteiger partial charge in [-0.05, 0) is 60.4 Å². The summed E-state index contributed by atoms with van der Waals surface area (Å²) in [6, 6.07) is 14.6. The van der Waals surface area contributed by atoms with Gasteiger partial charge in [0, 0.05) is 32.0 Å². The van der Waals surface area contributed by atoms with E-state index >= 15 is 0 Å². The van der Waals surface area contributed by atoms with Gasteiger partial charge < -0.3 is 19.1 Å². The quantitative estimate of drug-likeness (QED) is 0.298. The van der Waals surface area contributed by atoms with Crippen LogP contribution in [0.2, 0.25) is 5.15 Å². The van der Waals surface area contributed by atoms with E-state index in [2.05, 4.69) is 20.5 Å². The predicted molar refractivity (Wildman–Crippen MR) is 147 cm³/mol. The van der Waals surface area contributed by atoms with E-state index in [4.69, 9.17) is 31.0 Å². The number of aromatic carboxylic acids is 1. The predicted octanol–water partition coefficient (Wildman–Crippen LogP) is 4.84. The number of carboxylic acids is 1. The fourth-order valence-electron chi connectivity index (χ4n) is 4.91. The highest BCUT2D eigenvalue weighted by atomic mass is 35.5. The van der Waals surface area contributed by atoms with Crippen molar-refractivity contribution in [3.8, 4) is 5.88 Å². The fraction of sp³-hybridized carbons (Fsp3) is 0.310. The summed E-state index contributed by atoms with van der Waals surface area (Å²) in [5.41, 5.74) is 4.94. The van der Waals surface area contributed by atoms with E-state index in [0.717, 1.165) is 60.7 Å². The molecule has 5 heterocycles. The van der Waals surface area contributed by atoms with Crippen molar-refractivity contribution in [3.05, 3.63) is 88.6 Å². The van der Waals surface area contributed by atoms with Crippen molar-refractivity contribution < 1.29 is 19.4 Å². The van der Waals surface area contributed by atoms with Crippen LogP contribution in [0, 0.1) is 0 Å². The average molecular weight is 546 g/mol. The van der Waals surface area contributed by atoms with Crippen LogP contribution in [0.25, 0.3) is 16.6 Å². The van der Waals surface area contributed by atoms with Crippen molar-refractivity contribution in [2.24, 2.45) is 0 Å². The molecule has 0 saturated carbocycles. The molecule has 0 bridgehead atoms. The van der Waals surface area contributed by atoms with Crippen LogP contribution in [0.1, 0.15) is 40.3 Å². The Bertz CT molecular complexity index is 1550. The molecule has 1 atom stereocenters. The first-order valence-corrected chi connectivity index (χ1v) is 13.4. The van der Waals surface area contributed by atoms with Crippen LogP contribution in [0.5, 0.6) is 5.88 Å². The number of aromatic nitrogens is 4. The van der Waals surface area contributed by atoms with Crippen molar-refractivity contribution >= 4 is 34.2 Å². The molecule has 1 N–H and O–H groups in total. The van der Waals surface area contributed by atoms with Crippen LogP contribution in [0.15, 0.2) is 60.8 Å². The number of hydrogen-bond donors (Lipinski definition) is 1. The standard InChI is InChI=1S/C29H28ClN5O4/c30-26-14-19(6-10-31-26)18-39-28-3-1-2-23(33-28)20-7-11-34(12-8-20)17-27-32-24-5-4-21(29(36)37)15-25(24)35(27)16-22-9-13-38-22/h1-7,10,14-15,22H,8-9,11-13,16-18H2,(H,36,37)/t22-/m0/s1. The van der Waals surface area contributed by atoms with Crippen molar-refractivity contribution in [1.29, 1.82) is 0 Å². The van der Waals surface area contributed by atoms with Crippen LogP contribution in [0.3, 0.4) is 0 Å². The molecule has 4 aromatic rings. The molecule has 0 unspecified atom stereocenters. The topological polar surface area (TPSA) is 103 Å². The Balaban J connectivity index is 1.15. The summed E-state index contributed by atoms with van der Waals surface area (Å²) in [6.45, 7) is 4.10. The molecular weight excluding hydrogens is 518 g/mol. The number of pyridine rings is 2. The minimum atomic E-state index is -0.940. The third kappa shape index (κ3) is 5.80. The Kier molecular flexibility index (Phi) is 7.28. The zero-order valence-electron chi connectivity index (χ0n) is 21.3. The van der Waals surface area contributed by atoms with Gasteiger partial charge in [-0.3, -0.25) is 4.90 Å². The molecule has 0 spiro atoms. The van der Waals surface area contributed by atoms with Gasteiger partial charge in [-0.15, -0.1) is 0 Å². The van der Waals surface area contributed by atoms with Gasteiger partial charge >= 0.3 is 5.97 Å². The van der Waals surface area contributed by atoms with E-state index in [1.54, 1.807) is 30.5 Å². The molecule has 6 rings (SSSR count). The van der Waals surface area contributed by atoms with Crippen molar-refractivity contribution in [1.82, 2.24) is 24.4 Å². The fourth-order valence-corrected chi connectivity index (χ4v) is 5.11. The number of imidazole rings is 1. The van der Waals surface area contributed by atoms with E-state index in [-0.39, 0.29) is 11.7 Å². The van der Waals surface area contributed by atoms with Crippen molar-refractivity contribution in [2.75, 3.05) is 19.7 Å². The van der Waals surface area contributed by atoms with Gasteiger partial charge in [0.25, 0.3) is 0 Å². The molecule has 0 radical (unpaired) electrons. The average Bonchev–Trinajstić information content (AvgIpc) is 3.26. The van der Waals surface area contributed by atoms with Gasteiger partial charge in [0.2, 0.25) is 5.88 Å². The van der Waals surface area contributed by atoms with Crippen LogP contribution in [-0.2, 0) is 24.4 Å². The van der Waals surface area contributed by atoms with Crippen molar-refractivity contribution in [3.63, 3.8) is 0 Å². The highest BCUT2D eigenvalue weighted by Crippen LogP contribution is 2.26. The lowest BCUT2D eigenvalue weighted by Crippen LogP contribution is -2.33. The summed E-state index contributed by atoms with van der Waals surface area (Å²) in [5.74, 6) is 0.547. The maximum atomic E-state index is 11.6. The molecule has 2 aliphatic heterocycles. The van der Waals surface area contributed by atoms with Gasteiger partial charge in [0.05, 0.1) is 41.5 Å². The largest absolute Gasteiger partial charge is 0.478 e. The second-order valence-electron chi connectivity index (χ2n) is 9.78. The number of rotatable bonds is 9. The molecule has 1 aromatic carbocycles. The van der Waals surface area contributed by atoms with E-state index in [9.17, 15) is 9.90 Å². The summed E-state index contributed by atoms with van der Waals surface area (Å²) in [7, 11) is 0. The highest BCUT2D eigenvalue weighted by Gasteiger charge is 2.24. The van der Waals surface area contributed by atoms with Crippen LogP contribution in [0.4, 0.5) is 0 Å². The minimum Gasteiger partial charge on any atom is -0.478 e. The second kappa shape index (κ2) is 11.1. The number of carbonyl (C=O) groups is 1. The first kappa shape index (κ1) is 25.5. The lowest BCUT2D eigenvalue weighted by atomic mass is 10.0. The Morgan fingerprint density at radius 2 is 2.08 bits per heavy atom. The van der Waals surface area contributed by atoms with Crippen LogP contribution in [-0.4, -0.2) is 61.3 Å². The highest BCUT2D eigenvalue weighted by molar-refractivity contribution is 6.29. The molecule has 200 valence electrons. The van der Waals surface area contributed by atoms with Gasteiger partial charge in [-0.2, -0.15) is 0 Å². The summed E-state index contributed by atoms with van der Waals surface area (Å²) in [5, 5.41) is 9.92. The lowest BCUT2D eigenvalue weighted by Gasteiger charge is -2.29. The number of ether oxygens (including phenoxy) is 2. The van der Waals surface area contributed by atoms with Gasteiger partial charge in [-0.1, -0.05) is 23.7 Å². The molecule has 39 heavy (non-hydrogen) atoms. The molecular formula is C29H28ClN5O4. The maximum Gasteiger partial charge on any atom is 0.335 e. The van der Waals surface area contributed by atoms with Crippen LogP contribution >= 0.6 is 11.6 Å². The third-order valence-electron chi connectivity index (χ3n) is 7.14. The third-order valence-corrected chi connectivity index (χ3v) is 7.35. The SMILES string of the molecule is O=C(O)c1ccc2nc(CN3CC=C(c4cccc(OCc5ccnc(Cl)c5)n4)CC3)n(C[C@@H]3CCO3)c2c1. The van der Waals surface area contributed by atoms with Gasteiger partial charge in [0.15, 0.2) is 0 Å². The van der Waals surface area contributed by atoms with E-state index in [1.165, 1.54) is 5.57 Å². The Hall–Kier alpha value is -3.79. The summed E-state index contributed by atoms with van der Waals surface area (Å²) in [4.78, 5) is 27.5. The first-order chi connectivity index (χ1) is 19.0. The van der Waals surface area contributed by atoms with Crippen LogP contribution < -0.4 is 4.74 Å². The Morgan fingerprint density at radius 1 is 1.18 bits per heavy atom. The lowest BCUT2D eigenvalue weighted by molar-refractivity contribution is -0.0591. The number of carboxylic acid groups (broad SMARTS) is 1. The second-order valence-corrected chi connectivity index (χ2v) is 10.2. The number of halogens is 1. The van der Waals surface area contributed by atoms with E-state index < -0.39 is 5.97 Å². The number of nitrogens with zero attached hydrogens (tertiary/aromatic N) is 5. The number of hydrogen-bond acceptors (Lipinski definition) is 7. The first-order valence-electron chi connectivity index (χ1n) is 13.0. The normalized spacial score (nSPS) is 17.6. The van der Waals surface area contributed by atoms with Gasteiger partial charge in [-0.25, -0.2) is 19.7 Å². The molecule has 2 aliphatic rings. The molecule has 0 aliphatic carbocycles. The smallest absolute Gasteiger partial charge is 0.335 e. The number of fused-ring (bicyclic) bond motifs is 1. The molecule has 1 fully saturated rings. The summed E-state index contributed by atoms with van der Waals surface area (Å²) in [6.07, 6.45) is 5.86. The van der Waals surface area contributed by atoms with Gasteiger partial charge in [0.1, 0.15) is 17.6 Å². The maximum absolute atomic E-state index is 11.6. The van der Waals surface area contributed by atoms with E-state index in [0.29, 0.717) is 30.7 Å². The Morgan fingerprint density at radius 3 is 2.82 bits per heavy atom. The monoisotopic (exact) mass is 545 g/mol. The zero-order valence-corrected chi connectivity index (χ0v) is 22.0. The Labute approximate surface area is 230 Å². The molecule has 3 aromatic heterocycles. The summed E-state index contributed by atoms with van der Waals surface area (Å²) < 4.78 is 13.7. The molecule has 0 amide bonds. The number of benzene rings is 1. The molecule has 10 heteroatoms. The minimum absolute atomic E-state index is 0.138. The molecule has 1 saturated heterocycles. The molecule has 9 nitrogen and oxygen atoms in total. The van der Waals surface area contributed by atoms with Crippen molar-refractivity contribution in [2.45, 2.75) is 38.6 Å². The van der Waals surface area contributed by atoms with E-state index in [1.807, 2.05) is 24.3 Å². The zero-order chi connectivity index (χ0) is 26.8. The summed E-state index contributed by atoms with van der Waals surface area (Å²) >= 11 is 5.97.